The quantitative estimate of drug-likeness (QED) is 0.104. The fourth-order valence-electron chi connectivity index (χ4n) is 7.80. The van der Waals surface area contributed by atoms with Gasteiger partial charge in [-0.2, -0.15) is 21.0 Å². The monoisotopic (exact) mass is 700 g/mol. The van der Waals surface area contributed by atoms with E-state index in [-0.39, 0.29) is 70.2 Å². The number of phenols is 8. The van der Waals surface area contributed by atoms with Gasteiger partial charge in [0.05, 0.1) is 0 Å². The molecule has 0 aliphatic heterocycles. The van der Waals surface area contributed by atoms with Gasteiger partial charge in [-0.25, -0.2) is 0 Å². The zero-order chi connectivity index (χ0) is 38.3. The lowest BCUT2D eigenvalue weighted by atomic mass is 9.76. The highest BCUT2D eigenvalue weighted by Gasteiger charge is 2.36. The molecule has 0 fully saturated rings. The summed E-state index contributed by atoms with van der Waals surface area (Å²) in [6, 6.07) is 13.0. The van der Waals surface area contributed by atoms with Gasteiger partial charge in [-0.05, 0) is 49.9 Å². The van der Waals surface area contributed by atoms with Gasteiger partial charge in [0.1, 0.15) is 92.5 Å². The molecule has 264 valence electrons. The molecular formula is C40H36N4O8. The molecule has 0 saturated carbocycles. The average Bonchev–Trinajstić information content (AvgIpc) is 3.12. The lowest BCUT2D eigenvalue weighted by Gasteiger charge is -2.29. The summed E-state index contributed by atoms with van der Waals surface area (Å²) in [6.07, 6.45) is 0.601. The fourth-order valence-corrected chi connectivity index (χ4v) is 7.80. The van der Waals surface area contributed by atoms with E-state index in [2.05, 4.69) is 0 Å². The van der Waals surface area contributed by atoms with Crippen molar-refractivity contribution in [3.05, 3.63) is 91.0 Å². The number of benzene rings is 4. The van der Waals surface area contributed by atoms with E-state index in [1.807, 2.05) is 24.3 Å². The number of aromatic hydroxyl groups is 8. The molecule has 0 atom stereocenters. The summed E-state index contributed by atoms with van der Waals surface area (Å²) in [4.78, 5) is 0. The third-order valence-electron chi connectivity index (χ3n) is 10.4. The zero-order valence-corrected chi connectivity index (χ0v) is 28.8. The first-order chi connectivity index (χ1) is 24.8. The third kappa shape index (κ3) is 5.25. The van der Waals surface area contributed by atoms with Crippen molar-refractivity contribution < 1.29 is 40.9 Å². The average molecular weight is 701 g/mol. The van der Waals surface area contributed by atoms with E-state index in [1.54, 1.807) is 27.7 Å². The first-order valence-electron chi connectivity index (χ1n) is 16.8. The Morgan fingerprint density at radius 1 is 0.346 bits per heavy atom. The number of hydrogen-bond acceptors (Lipinski definition) is 12. The predicted molar refractivity (Wildman–Crippen MR) is 186 cm³/mol. The minimum absolute atomic E-state index is 0.0632. The third-order valence-corrected chi connectivity index (χ3v) is 10.4. The SMILES string of the molecule is CCC1c2cc(c(O)c(C#N)c2O)C(CC)c2cc(c(O)c(C#N)c2O)C(CC)c2cc(c(O)c(C#N)c2O)C(CC)c2cc1c(O)c(C#N)c2O. The van der Waals surface area contributed by atoms with Crippen molar-refractivity contribution in [1.29, 1.82) is 21.0 Å². The van der Waals surface area contributed by atoms with Crippen molar-refractivity contribution in [1.82, 2.24) is 0 Å². The highest BCUT2D eigenvalue weighted by Crippen LogP contribution is 2.54. The van der Waals surface area contributed by atoms with Crippen LogP contribution in [-0.4, -0.2) is 40.9 Å². The molecule has 8 bridgehead atoms. The van der Waals surface area contributed by atoms with Crippen LogP contribution in [0.25, 0.3) is 0 Å². The number of nitrogens with zero attached hydrogens (tertiary/aromatic N) is 4. The van der Waals surface area contributed by atoms with E-state index < -0.39 is 91.9 Å². The Kier molecular flexibility index (Phi) is 9.74. The number of fused-ring (bicyclic) bond motifs is 8. The maximum Gasteiger partial charge on any atom is 0.140 e. The molecule has 8 N–H and O–H groups in total. The number of hydrogen-bond donors (Lipinski definition) is 8. The smallest absolute Gasteiger partial charge is 0.140 e. The van der Waals surface area contributed by atoms with Crippen molar-refractivity contribution in [3.8, 4) is 70.3 Å². The Morgan fingerprint density at radius 3 is 0.577 bits per heavy atom. The van der Waals surface area contributed by atoms with Crippen molar-refractivity contribution in [2.45, 2.75) is 77.0 Å². The topological polar surface area (TPSA) is 257 Å². The Hall–Kier alpha value is -6.76. The molecule has 0 radical (unpaired) electrons. The number of nitriles is 4. The summed E-state index contributed by atoms with van der Waals surface area (Å²) >= 11 is 0. The van der Waals surface area contributed by atoms with Crippen LogP contribution in [0.5, 0.6) is 46.0 Å². The lowest BCUT2D eigenvalue weighted by Crippen LogP contribution is -2.12. The highest BCUT2D eigenvalue weighted by atomic mass is 16.3. The van der Waals surface area contributed by atoms with Crippen molar-refractivity contribution in [2.75, 3.05) is 0 Å². The second kappa shape index (κ2) is 13.9. The first-order valence-corrected chi connectivity index (χ1v) is 16.8. The van der Waals surface area contributed by atoms with Gasteiger partial charge >= 0.3 is 0 Å². The Labute approximate surface area is 299 Å². The van der Waals surface area contributed by atoms with Crippen molar-refractivity contribution >= 4 is 0 Å². The summed E-state index contributed by atoms with van der Waals surface area (Å²) < 4.78 is 0. The molecule has 5 rings (SSSR count). The van der Waals surface area contributed by atoms with Crippen LogP contribution in [-0.2, 0) is 0 Å². The molecule has 0 heterocycles. The van der Waals surface area contributed by atoms with Gasteiger partial charge in [0.2, 0.25) is 0 Å². The van der Waals surface area contributed by atoms with Crippen molar-refractivity contribution in [2.24, 2.45) is 0 Å². The second-order valence-electron chi connectivity index (χ2n) is 12.8. The van der Waals surface area contributed by atoms with Gasteiger partial charge in [0.25, 0.3) is 0 Å². The van der Waals surface area contributed by atoms with Crippen LogP contribution in [0.1, 0.15) is 144 Å². The molecule has 52 heavy (non-hydrogen) atoms. The normalized spacial score (nSPS) is 17.7. The number of rotatable bonds is 4. The van der Waals surface area contributed by atoms with Crippen LogP contribution < -0.4 is 0 Å². The minimum atomic E-state index is -0.970. The van der Waals surface area contributed by atoms with E-state index in [4.69, 9.17) is 0 Å². The molecule has 4 aromatic carbocycles. The Balaban J connectivity index is 2.11. The molecule has 12 nitrogen and oxygen atoms in total. The van der Waals surface area contributed by atoms with Crippen LogP contribution in [0.2, 0.25) is 0 Å². The molecule has 0 spiro atoms. The Bertz CT molecular complexity index is 1880. The van der Waals surface area contributed by atoms with Gasteiger partial charge in [-0.3, -0.25) is 0 Å². The van der Waals surface area contributed by atoms with E-state index in [1.165, 1.54) is 24.3 Å². The second-order valence-corrected chi connectivity index (χ2v) is 12.8. The van der Waals surface area contributed by atoms with Gasteiger partial charge < -0.3 is 40.9 Å². The highest BCUT2D eigenvalue weighted by molar-refractivity contribution is 5.71. The maximum atomic E-state index is 11.5. The first kappa shape index (κ1) is 36.5. The van der Waals surface area contributed by atoms with Crippen LogP contribution in [0.15, 0.2) is 24.3 Å². The van der Waals surface area contributed by atoms with Gasteiger partial charge in [0, 0.05) is 68.2 Å². The molecule has 0 unspecified atom stereocenters. The summed E-state index contributed by atoms with van der Waals surface area (Å²) in [5, 5.41) is 132. The lowest BCUT2D eigenvalue weighted by molar-refractivity contribution is 0.421. The fraction of sp³-hybridized carbons (Fsp3) is 0.300. The molecule has 12 heteroatoms. The summed E-state index contributed by atoms with van der Waals surface area (Å²) in [7, 11) is 0. The summed E-state index contributed by atoms with van der Waals surface area (Å²) in [6.45, 7) is 6.86. The van der Waals surface area contributed by atoms with Gasteiger partial charge in [0.15, 0.2) is 0 Å². The summed E-state index contributed by atoms with van der Waals surface area (Å²) in [5.74, 6) is -8.73. The molecular weight excluding hydrogens is 664 g/mol. The molecule has 1 aliphatic rings. The number of phenolic OH excluding ortho intramolecular Hbond substituents is 8. The van der Waals surface area contributed by atoms with Crippen LogP contribution in [0.3, 0.4) is 0 Å². The molecule has 4 aromatic rings. The summed E-state index contributed by atoms with van der Waals surface area (Å²) in [5.41, 5.74) is -1.51. The molecule has 1 aliphatic carbocycles. The van der Waals surface area contributed by atoms with Gasteiger partial charge in [-0.1, -0.05) is 27.7 Å². The predicted octanol–water partition coefficient (Wildman–Crippen LogP) is 7.30. The largest absolute Gasteiger partial charge is 0.506 e. The van der Waals surface area contributed by atoms with E-state index in [0.29, 0.717) is 0 Å². The van der Waals surface area contributed by atoms with Crippen LogP contribution in [0, 0.1) is 45.3 Å². The minimum Gasteiger partial charge on any atom is -0.506 e. The van der Waals surface area contributed by atoms with Crippen LogP contribution >= 0.6 is 0 Å². The maximum absolute atomic E-state index is 11.5. The molecule has 0 saturated heterocycles. The van der Waals surface area contributed by atoms with Gasteiger partial charge in [-0.15, -0.1) is 0 Å². The van der Waals surface area contributed by atoms with E-state index in [0.717, 1.165) is 0 Å². The van der Waals surface area contributed by atoms with E-state index >= 15 is 0 Å². The van der Waals surface area contributed by atoms with Crippen molar-refractivity contribution in [3.63, 3.8) is 0 Å². The molecule has 0 aromatic heterocycles. The standard InChI is InChI=1S/C40H36N4O8/c1-5-17-21-9-23(35(47)29(13-41)33(21)45)18(6-2)25-11-27(39(51)31(15-43)37(25)49)20(8-4)28-12-26(38(50)32(16-44)40(28)52)19(7-3)24-10-22(17)34(46)30(14-42)36(24)48/h9-12,17-20,45-52H,5-8H2,1-4H3. The zero-order valence-electron chi connectivity index (χ0n) is 28.8. The van der Waals surface area contributed by atoms with E-state index in [9.17, 15) is 61.9 Å². The van der Waals surface area contributed by atoms with Crippen LogP contribution in [0.4, 0.5) is 0 Å². The molecule has 0 amide bonds. The Morgan fingerprint density at radius 2 is 0.481 bits per heavy atom.